The molecule has 0 radical (unpaired) electrons. The molecule has 0 aliphatic heterocycles. The number of hydrogen-bond acceptors (Lipinski definition) is 2. The lowest BCUT2D eigenvalue weighted by molar-refractivity contribution is 0.218. The van der Waals surface area contributed by atoms with E-state index >= 15 is 0 Å². The van der Waals surface area contributed by atoms with Crippen molar-refractivity contribution in [3.8, 4) is 0 Å². The standard InChI is InChI=1S/C33H48O2Si/c1-5-6-16-23-30(24-17-12-10-8-7-9-11-13-22-29-34)35-36(33(2,3)4,31-25-18-14-19-26-31)32-27-20-15-21-28-32/h7,9-10,12,14-15,17-21,24-28,30,34H,5-6,8,11,13,16,22-23,29H2,1-4H3/b9-7-,12-10-,24-17+/t30-/m0/s1. The molecule has 0 aliphatic rings. The summed E-state index contributed by atoms with van der Waals surface area (Å²) in [4.78, 5) is 0. The van der Waals surface area contributed by atoms with Gasteiger partial charge in [-0.3, -0.25) is 0 Å². The number of hydrogen-bond donors (Lipinski definition) is 1. The second kappa shape index (κ2) is 16.5. The number of allylic oxidation sites excluding steroid dienone is 5. The number of unbranched alkanes of at least 4 members (excludes halogenated alkanes) is 4. The van der Waals surface area contributed by atoms with Crippen LogP contribution in [0.5, 0.6) is 0 Å². The summed E-state index contributed by atoms with van der Waals surface area (Å²) in [5.74, 6) is 0. The van der Waals surface area contributed by atoms with Crippen molar-refractivity contribution in [2.75, 3.05) is 6.61 Å². The van der Waals surface area contributed by atoms with Gasteiger partial charge in [0.1, 0.15) is 0 Å². The third-order valence-electron chi connectivity index (χ3n) is 6.63. The van der Waals surface area contributed by atoms with Crippen molar-refractivity contribution in [3.05, 3.63) is 97.1 Å². The fourth-order valence-electron chi connectivity index (χ4n) is 4.72. The molecule has 0 heterocycles. The van der Waals surface area contributed by atoms with Gasteiger partial charge in [0.2, 0.25) is 0 Å². The Kier molecular flexibility index (Phi) is 13.8. The van der Waals surface area contributed by atoms with Gasteiger partial charge in [0.05, 0.1) is 6.10 Å². The van der Waals surface area contributed by atoms with Crippen molar-refractivity contribution in [1.82, 2.24) is 0 Å². The molecule has 0 amide bonds. The summed E-state index contributed by atoms with van der Waals surface area (Å²) in [7, 11) is -2.57. The molecule has 2 rings (SSSR count). The van der Waals surface area contributed by atoms with E-state index < -0.39 is 8.32 Å². The van der Waals surface area contributed by atoms with Crippen molar-refractivity contribution in [2.24, 2.45) is 0 Å². The minimum absolute atomic E-state index is 0.0246. The lowest BCUT2D eigenvalue weighted by Crippen LogP contribution is -2.67. The lowest BCUT2D eigenvalue weighted by Gasteiger charge is -2.45. The maximum absolute atomic E-state index is 8.87. The van der Waals surface area contributed by atoms with E-state index in [0.29, 0.717) is 0 Å². The van der Waals surface area contributed by atoms with Crippen molar-refractivity contribution < 1.29 is 9.53 Å². The zero-order chi connectivity index (χ0) is 26.1. The first kappa shape index (κ1) is 30.0. The van der Waals surface area contributed by atoms with Gasteiger partial charge < -0.3 is 9.53 Å². The summed E-state index contributed by atoms with van der Waals surface area (Å²) in [6, 6.07) is 21.9. The molecule has 3 heteroatoms. The third-order valence-corrected chi connectivity index (χ3v) is 11.7. The zero-order valence-corrected chi connectivity index (χ0v) is 24.0. The Balaban J connectivity index is 2.29. The van der Waals surface area contributed by atoms with Crippen LogP contribution in [0.3, 0.4) is 0 Å². The smallest absolute Gasteiger partial charge is 0.261 e. The minimum Gasteiger partial charge on any atom is -0.401 e. The van der Waals surface area contributed by atoms with E-state index in [9.17, 15) is 0 Å². The van der Waals surface area contributed by atoms with Crippen LogP contribution in [0.2, 0.25) is 5.04 Å². The van der Waals surface area contributed by atoms with E-state index in [1.807, 2.05) is 0 Å². The van der Waals surface area contributed by atoms with E-state index in [-0.39, 0.29) is 17.7 Å². The molecule has 36 heavy (non-hydrogen) atoms. The largest absolute Gasteiger partial charge is 0.401 e. The number of aliphatic hydroxyl groups is 1. The highest BCUT2D eigenvalue weighted by Crippen LogP contribution is 2.38. The third kappa shape index (κ3) is 9.35. The number of aliphatic hydroxyl groups excluding tert-OH is 1. The molecule has 0 aliphatic carbocycles. The van der Waals surface area contributed by atoms with E-state index in [0.717, 1.165) is 32.1 Å². The van der Waals surface area contributed by atoms with Gasteiger partial charge in [-0.15, -0.1) is 0 Å². The Bertz CT molecular complexity index is 870. The molecular formula is C33H48O2Si. The Morgan fingerprint density at radius 3 is 2.00 bits per heavy atom. The van der Waals surface area contributed by atoms with Crippen LogP contribution in [0.25, 0.3) is 0 Å². The lowest BCUT2D eigenvalue weighted by atomic mass is 10.1. The molecule has 0 unspecified atom stereocenters. The molecule has 196 valence electrons. The number of benzene rings is 2. The van der Waals surface area contributed by atoms with Crippen LogP contribution in [0.15, 0.2) is 97.1 Å². The first-order valence-electron chi connectivity index (χ1n) is 13.8. The Labute approximate surface area is 221 Å². The van der Waals surface area contributed by atoms with Gasteiger partial charge in [0, 0.05) is 6.61 Å². The molecule has 1 atom stereocenters. The Morgan fingerprint density at radius 2 is 1.44 bits per heavy atom. The molecule has 2 aromatic rings. The molecule has 0 saturated carbocycles. The first-order valence-corrected chi connectivity index (χ1v) is 15.7. The highest BCUT2D eigenvalue weighted by atomic mass is 28.4. The van der Waals surface area contributed by atoms with Gasteiger partial charge in [-0.05, 0) is 47.5 Å². The molecule has 1 N–H and O–H groups in total. The maximum Gasteiger partial charge on any atom is 0.261 e. The van der Waals surface area contributed by atoms with Crippen LogP contribution in [0, 0.1) is 0 Å². The summed E-state index contributed by atoms with van der Waals surface area (Å²) in [6.45, 7) is 9.58. The molecule has 0 aromatic heterocycles. The predicted molar refractivity (Wildman–Crippen MR) is 160 cm³/mol. The van der Waals surface area contributed by atoms with Gasteiger partial charge in [-0.1, -0.05) is 144 Å². The van der Waals surface area contributed by atoms with Crippen LogP contribution in [0.4, 0.5) is 0 Å². The SMILES string of the molecule is CCCCC[C@@H](/C=C/C=C\C/C=C\CCCCO)O[Si](c1ccccc1)(c1ccccc1)C(C)(C)C. The summed E-state index contributed by atoms with van der Waals surface area (Å²) in [5, 5.41) is 11.5. The average Bonchev–Trinajstić information content (AvgIpc) is 2.88. The summed E-state index contributed by atoms with van der Waals surface area (Å²) in [5.41, 5.74) is 0. The van der Waals surface area contributed by atoms with Gasteiger partial charge >= 0.3 is 0 Å². The van der Waals surface area contributed by atoms with Crippen LogP contribution < -0.4 is 10.4 Å². The second-order valence-electron chi connectivity index (χ2n) is 10.6. The minimum atomic E-state index is -2.57. The van der Waals surface area contributed by atoms with Gasteiger partial charge in [0.25, 0.3) is 8.32 Å². The summed E-state index contributed by atoms with van der Waals surface area (Å²) < 4.78 is 7.39. The normalized spacial score (nSPS) is 13.8. The quantitative estimate of drug-likeness (QED) is 0.110. The average molecular weight is 505 g/mol. The van der Waals surface area contributed by atoms with Gasteiger partial charge in [-0.25, -0.2) is 0 Å². The van der Waals surface area contributed by atoms with Crippen molar-refractivity contribution >= 4 is 18.7 Å². The molecule has 0 spiro atoms. The van der Waals surface area contributed by atoms with E-state index in [4.69, 9.17) is 9.53 Å². The number of rotatable bonds is 16. The van der Waals surface area contributed by atoms with Crippen LogP contribution in [-0.2, 0) is 4.43 Å². The zero-order valence-electron chi connectivity index (χ0n) is 23.0. The second-order valence-corrected chi connectivity index (χ2v) is 14.8. The predicted octanol–water partition coefficient (Wildman–Crippen LogP) is 7.73. The molecule has 0 saturated heterocycles. The highest BCUT2D eigenvalue weighted by Gasteiger charge is 2.51. The molecule has 0 bridgehead atoms. The molecule has 2 aromatic carbocycles. The highest BCUT2D eigenvalue weighted by molar-refractivity contribution is 6.99. The Hall–Kier alpha value is -2.20. The van der Waals surface area contributed by atoms with Crippen molar-refractivity contribution in [1.29, 1.82) is 0 Å². The fraction of sp³-hybridized carbons (Fsp3) is 0.455. The van der Waals surface area contributed by atoms with E-state index in [2.05, 4.69) is 125 Å². The van der Waals surface area contributed by atoms with Crippen LogP contribution in [0.1, 0.15) is 79.1 Å². The summed E-state index contributed by atoms with van der Waals surface area (Å²) in [6.07, 6.45) is 21.8. The Morgan fingerprint density at radius 1 is 0.806 bits per heavy atom. The molecule has 0 fully saturated rings. The first-order chi connectivity index (χ1) is 17.5. The van der Waals surface area contributed by atoms with Gasteiger partial charge in [-0.2, -0.15) is 0 Å². The van der Waals surface area contributed by atoms with Crippen LogP contribution in [-0.4, -0.2) is 26.1 Å². The summed E-state index contributed by atoms with van der Waals surface area (Å²) >= 11 is 0. The van der Waals surface area contributed by atoms with Crippen molar-refractivity contribution in [2.45, 2.75) is 90.2 Å². The van der Waals surface area contributed by atoms with Crippen molar-refractivity contribution in [3.63, 3.8) is 0 Å². The van der Waals surface area contributed by atoms with E-state index in [1.165, 1.54) is 29.6 Å². The molecule has 2 nitrogen and oxygen atoms in total. The topological polar surface area (TPSA) is 29.5 Å². The monoisotopic (exact) mass is 504 g/mol. The van der Waals surface area contributed by atoms with Gasteiger partial charge in [0.15, 0.2) is 0 Å². The van der Waals surface area contributed by atoms with Crippen LogP contribution >= 0.6 is 0 Å². The van der Waals surface area contributed by atoms with E-state index in [1.54, 1.807) is 0 Å². The fourth-order valence-corrected chi connectivity index (χ4v) is 9.39. The molecular weight excluding hydrogens is 456 g/mol. The maximum atomic E-state index is 8.87.